The predicted octanol–water partition coefficient (Wildman–Crippen LogP) is -2.03. The average molecular weight is 247 g/mol. The number of rotatable bonds is 1. The third-order valence-electron chi connectivity index (χ3n) is 0.834. The first-order chi connectivity index (χ1) is 5.95. The van der Waals surface area contributed by atoms with E-state index in [4.69, 9.17) is 21.3 Å². The summed E-state index contributed by atoms with van der Waals surface area (Å²) in [6, 6.07) is 10.1. The molecule has 74 valence electrons. The van der Waals surface area contributed by atoms with Crippen LogP contribution in [0.5, 0.6) is 0 Å². The molecule has 0 atom stereocenters. The SMILES string of the molecule is Clc1[c-]cccc1.O=S(=O)(O)CO.[Na+]. The number of aliphatic hydroxyl groups is 1. The predicted molar refractivity (Wildman–Crippen MR) is 48.9 cm³/mol. The van der Waals surface area contributed by atoms with E-state index in [9.17, 15) is 8.42 Å². The zero-order valence-corrected chi connectivity index (χ0v) is 11.1. The van der Waals surface area contributed by atoms with Gasteiger partial charge in [-0.1, -0.05) is 5.02 Å². The van der Waals surface area contributed by atoms with Crippen molar-refractivity contribution in [2.75, 3.05) is 5.94 Å². The van der Waals surface area contributed by atoms with Gasteiger partial charge < -0.3 is 5.11 Å². The first-order valence-electron chi connectivity index (χ1n) is 3.14. The molecule has 7 heteroatoms. The van der Waals surface area contributed by atoms with Gasteiger partial charge in [-0.15, -0.1) is 11.6 Å². The van der Waals surface area contributed by atoms with Gasteiger partial charge in [0.15, 0.2) is 5.94 Å². The number of hydrogen-bond acceptors (Lipinski definition) is 3. The molecule has 0 aliphatic heterocycles. The number of aliphatic hydroxyl groups excluding tert-OH is 1. The standard InChI is InChI=1S/C6H4Cl.CH4O4S.Na/c7-6-4-2-1-3-5-6;2-1-6(3,4)5;/h1-4H;2H,1H2,(H,3,4,5);/q-1;;+1. The first kappa shape index (κ1) is 16.8. The van der Waals surface area contributed by atoms with Crippen molar-refractivity contribution in [3.8, 4) is 0 Å². The minimum absolute atomic E-state index is 0. The Morgan fingerprint density at radius 3 is 2.07 bits per heavy atom. The van der Waals surface area contributed by atoms with Crippen molar-refractivity contribution in [3.63, 3.8) is 0 Å². The molecule has 0 saturated heterocycles. The topological polar surface area (TPSA) is 74.6 Å². The van der Waals surface area contributed by atoms with Crippen molar-refractivity contribution < 1.29 is 47.6 Å². The van der Waals surface area contributed by atoms with E-state index in [1.807, 2.05) is 12.1 Å². The molecule has 14 heavy (non-hydrogen) atoms. The molecule has 0 heterocycles. The summed E-state index contributed by atoms with van der Waals surface area (Å²) in [6.07, 6.45) is 0. The van der Waals surface area contributed by atoms with E-state index in [1.54, 1.807) is 12.1 Å². The van der Waals surface area contributed by atoms with Gasteiger partial charge >= 0.3 is 29.6 Å². The second kappa shape index (κ2) is 8.67. The molecule has 0 aliphatic carbocycles. The summed E-state index contributed by atoms with van der Waals surface area (Å²) < 4.78 is 26.2. The van der Waals surface area contributed by atoms with E-state index in [0.29, 0.717) is 5.02 Å². The second-order valence-corrected chi connectivity index (χ2v) is 3.75. The summed E-state index contributed by atoms with van der Waals surface area (Å²) in [5.41, 5.74) is 0. The smallest absolute Gasteiger partial charge is 0.378 e. The Kier molecular flexibility index (Phi) is 10.4. The fourth-order valence-electron chi connectivity index (χ4n) is 0.371. The number of benzene rings is 1. The molecule has 0 unspecified atom stereocenters. The van der Waals surface area contributed by atoms with Crippen LogP contribution in [-0.4, -0.2) is 24.0 Å². The summed E-state index contributed by atoms with van der Waals surface area (Å²) in [5.74, 6) is -1.20. The number of halogens is 1. The van der Waals surface area contributed by atoms with Crippen LogP contribution >= 0.6 is 11.6 Å². The fourth-order valence-corrected chi connectivity index (χ4v) is 0.507. The van der Waals surface area contributed by atoms with E-state index in [1.165, 1.54) is 0 Å². The molecule has 0 aromatic heterocycles. The largest absolute Gasteiger partial charge is 1.00 e. The van der Waals surface area contributed by atoms with Crippen LogP contribution in [0.2, 0.25) is 5.02 Å². The van der Waals surface area contributed by atoms with Gasteiger partial charge in [0, 0.05) is 0 Å². The van der Waals surface area contributed by atoms with E-state index >= 15 is 0 Å². The first-order valence-corrected chi connectivity index (χ1v) is 5.12. The van der Waals surface area contributed by atoms with Crippen molar-refractivity contribution in [1.29, 1.82) is 0 Å². The molecule has 0 amide bonds. The van der Waals surface area contributed by atoms with E-state index in [2.05, 4.69) is 6.07 Å². The molecule has 2 N–H and O–H groups in total. The molecular formula is C7H8ClNaO4S. The molecule has 4 nitrogen and oxygen atoms in total. The van der Waals surface area contributed by atoms with Crippen LogP contribution in [0.1, 0.15) is 0 Å². The maximum absolute atomic E-state index is 9.31. The van der Waals surface area contributed by atoms with Gasteiger partial charge in [0.25, 0.3) is 10.1 Å². The van der Waals surface area contributed by atoms with E-state index < -0.39 is 16.1 Å². The normalized spacial score (nSPS) is 9.36. The minimum atomic E-state index is -4.11. The zero-order chi connectivity index (χ0) is 10.3. The molecule has 0 aliphatic rings. The van der Waals surface area contributed by atoms with Crippen LogP contribution in [0, 0.1) is 6.07 Å². The molecular weight excluding hydrogens is 239 g/mol. The third-order valence-corrected chi connectivity index (χ3v) is 1.40. The molecule has 0 saturated carbocycles. The summed E-state index contributed by atoms with van der Waals surface area (Å²) >= 11 is 5.48. The molecule has 0 bridgehead atoms. The van der Waals surface area contributed by atoms with Crippen molar-refractivity contribution >= 4 is 21.7 Å². The van der Waals surface area contributed by atoms with Crippen molar-refractivity contribution in [1.82, 2.24) is 0 Å². The zero-order valence-electron chi connectivity index (χ0n) is 7.51. The van der Waals surface area contributed by atoms with Crippen LogP contribution in [0.4, 0.5) is 0 Å². The molecule has 0 fully saturated rings. The fraction of sp³-hybridized carbons (Fsp3) is 0.143. The monoisotopic (exact) mass is 246 g/mol. The van der Waals surface area contributed by atoms with E-state index in [0.717, 1.165) is 0 Å². The summed E-state index contributed by atoms with van der Waals surface area (Å²) in [7, 11) is -4.11. The van der Waals surface area contributed by atoms with Gasteiger partial charge in [-0.25, -0.2) is 0 Å². The molecule has 0 radical (unpaired) electrons. The van der Waals surface area contributed by atoms with Gasteiger partial charge in [0.05, 0.1) is 0 Å². The Bertz CT molecular complexity index is 327. The summed E-state index contributed by atoms with van der Waals surface area (Å²) in [5, 5.41) is 8.23. The average Bonchev–Trinajstić information content (AvgIpc) is 2.06. The Hall–Kier alpha value is 0.380. The summed E-state index contributed by atoms with van der Waals surface area (Å²) in [4.78, 5) is 0. The van der Waals surface area contributed by atoms with Crippen molar-refractivity contribution in [3.05, 3.63) is 35.4 Å². The molecule has 1 aromatic carbocycles. The van der Waals surface area contributed by atoms with E-state index in [-0.39, 0.29) is 29.6 Å². The van der Waals surface area contributed by atoms with Crippen LogP contribution in [0.3, 0.4) is 0 Å². The summed E-state index contributed by atoms with van der Waals surface area (Å²) in [6.45, 7) is 0. The van der Waals surface area contributed by atoms with Gasteiger partial charge in [0.1, 0.15) is 0 Å². The minimum Gasteiger partial charge on any atom is -0.378 e. The Balaban J connectivity index is 0. The maximum atomic E-state index is 9.31. The second-order valence-electron chi connectivity index (χ2n) is 1.92. The van der Waals surface area contributed by atoms with Gasteiger partial charge in [-0.05, 0) is 0 Å². The quantitative estimate of drug-likeness (QED) is 0.340. The van der Waals surface area contributed by atoms with Crippen LogP contribution in [0.15, 0.2) is 24.3 Å². The third kappa shape index (κ3) is 12.4. The van der Waals surface area contributed by atoms with Crippen molar-refractivity contribution in [2.45, 2.75) is 0 Å². The molecule has 1 aromatic rings. The Labute approximate surface area is 110 Å². The van der Waals surface area contributed by atoms with Crippen molar-refractivity contribution in [2.24, 2.45) is 0 Å². The van der Waals surface area contributed by atoms with Gasteiger partial charge in [-0.2, -0.15) is 38.7 Å². The Morgan fingerprint density at radius 2 is 1.93 bits per heavy atom. The van der Waals surface area contributed by atoms with Crippen LogP contribution in [-0.2, 0) is 10.1 Å². The molecule has 0 spiro atoms. The maximum Gasteiger partial charge on any atom is 1.00 e. The van der Waals surface area contributed by atoms with Gasteiger partial charge in [-0.3, -0.25) is 4.55 Å². The van der Waals surface area contributed by atoms with Gasteiger partial charge in [0.2, 0.25) is 0 Å². The molecule has 1 rings (SSSR count). The Morgan fingerprint density at radius 1 is 1.43 bits per heavy atom. The van der Waals surface area contributed by atoms with Crippen LogP contribution < -0.4 is 29.6 Å². The van der Waals surface area contributed by atoms with Crippen LogP contribution in [0.25, 0.3) is 0 Å². The number of hydrogen-bond donors (Lipinski definition) is 2.